The van der Waals surface area contributed by atoms with Gasteiger partial charge in [-0.1, -0.05) is 0 Å². The molecule has 172 valence electrons. The van der Waals surface area contributed by atoms with Crippen LogP contribution in [-0.2, 0) is 14.3 Å². The number of benzene rings is 1. The normalized spacial score (nSPS) is 21.8. The Morgan fingerprint density at radius 3 is 2.64 bits per heavy atom. The molecular formula is C23H25N5O5. The topological polar surface area (TPSA) is 134 Å². The van der Waals surface area contributed by atoms with E-state index >= 15 is 0 Å². The van der Waals surface area contributed by atoms with E-state index in [-0.39, 0.29) is 30.4 Å². The van der Waals surface area contributed by atoms with Crippen LogP contribution >= 0.6 is 0 Å². The summed E-state index contributed by atoms with van der Waals surface area (Å²) >= 11 is 0. The van der Waals surface area contributed by atoms with Gasteiger partial charge < -0.3 is 14.8 Å². The summed E-state index contributed by atoms with van der Waals surface area (Å²) < 4.78 is 10.5. The highest BCUT2D eigenvalue weighted by atomic mass is 16.6. The molecular weight excluding hydrogens is 426 g/mol. The van der Waals surface area contributed by atoms with Crippen LogP contribution in [0, 0.1) is 23.2 Å². The lowest BCUT2D eigenvalue weighted by molar-refractivity contribution is -0.117. The van der Waals surface area contributed by atoms with Crippen molar-refractivity contribution in [2.45, 2.75) is 45.8 Å². The van der Waals surface area contributed by atoms with Crippen molar-refractivity contribution >= 4 is 46.1 Å². The minimum atomic E-state index is -0.690. The lowest BCUT2D eigenvalue weighted by Gasteiger charge is -2.22. The molecule has 0 spiro atoms. The molecule has 33 heavy (non-hydrogen) atoms. The van der Waals surface area contributed by atoms with Crippen molar-refractivity contribution in [3.05, 3.63) is 24.4 Å². The number of amides is 3. The summed E-state index contributed by atoms with van der Waals surface area (Å²) in [5.74, 6) is -0.533. The second-order valence-corrected chi connectivity index (χ2v) is 9.27. The Kier molecular flexibility index (Phi) is 5.57. The molecule has 2 aromatic rings. The van der Waals surface area contributed by atoms with Gasteiger partial charge in [0.15, 0.2) is 0 Å². The van der Waals surface area contributed by atoms with E-state index in [1.807, 2.05) is 6.92 Å². The van der Waals surface area contributed by atoms with Gasteiger partial charge in [0.2, 0.25) is 5.91 Å². The minimum Gasteiger partial charge on any atom is -0.447 e. The Hall–Kier alpha value is -3.87. The van der Waals surface area contributed by atoms with Crippen LogP contribution in [0.15, 0.2) is 24.4 Å². The van der Waals surface area contributed by atoms with Crippen LogP contribution in [0.5, 0.6) is 0 Å². The van der Waals surface area contributed by atoms with Crippen LogP contribution in [0.25, 0.3) is 10.8 Å². The Bertz CT molecular complexity index is 1180. The van der Waals surface area contributed by atoms with Crippen molar-refractivity contribution in [2.24, 2.45) is 11.8 Å². The Labute approximate surface area is 190 Å². The third-order valence-corrected chi connectivity index (χ3v) is 5.37. The first-order chi connectivity index (χ1) is 15.6. The average molecular weight is 451 g/mol. The molecule has 2 heterocycles. The molecule has 2 fully saturated rings. The van der Waals surface area contributed by atoms with Gasteiger partial charge in [-0.15, -0.1) is 0 Å². The monoisotopic (exact) mass is 451 g/mol. The van der Waals surface area contributed by atoms with Gasteiger partial charge in [-0.2, -0.15) is 5.26 Å². The summed E-state index contributed by atoms with van der Waals surface area (Å²) in [7, 11) is 0. The first-order valence-electron chi connectivity index (χ1n) is 10.7. The fraction of sp³-hybridized carbons (Fsp3) is 0.435. The van der Waals surface area contributed by atoms with E-state index in [1.165, 1.54) is 11.1 Å². The fourth-order valence-electron chi connectivity index (χ4n) is 3.69. The molecule has 0 bridgehead atoms. The first-order valence-corrected chi connectivity index (χ1v) is 10.7. The van der Waals surface area contributed by atoms with Crippen molar-refractivity contribution in [1.82, 2.24) is 4.98 Å². The van der Waals surface area contributed by atoms with Gasteiger partial charge in [0.1, 0.15) is 18.0 Å². The summed E-state index contributed by atoms with van der Waals surface area (Å²) in [6.45, 7) is 7.39. The quantitative estimate of drug-likeness (QED) is 0.717. The van der Waals surface area contributed by atoms with Gasteiger partial charge in [-0.05, 0) is 57.7 Å². The molecule has 4 rings (SSSR count). The highest BCUT2D eigenvalue weighted by Gasteiger charge is 2.43. The predicted octanol–water partition coefficient (Wildman–Crippen LogP) is 4.03. The standard InChI is InChI=1S/C23H25N5O5/c1-12-11-32-22(31)28(12)15-5-13-7-19(27-20(29)16-6-14(16)9-24)25-10-17(13)18(8-15)26-21(30)33-23(2,3)4/h5,7-8,10,12,14,16H,6,11H2,1-4H3,(H,26,30)(H,25,27,29)/t12-,14-,16+/m0/s1. The predicted molar refractivity (Wildman–Crippen MR) is 121 cm³/mol. The van der Waals surface area contributed by atoms with Crippen LogP contribution in [0.1, 0.15) is 34.1 Å². The number of hydrogen-bond acceptors (Lipinski definition) is 7. The first kappa shape index (κ1) is 22.3. The maximum atomic E-state index is 12.4. The summed E-state index contributed by atoms with van der Waals surface area (Å²) in [5.41, 5.74) is 0.240. The number of nitrogens with one attached hydrogen (secondary N) is 2. The second-order valence-electron chi connectivity index (χ2n) is 9.27. The zero-order valence-corrected chi connectivity index (χ0v) is 18.8. The van der Waals surface area contributed by atoms with Crippen molar-refractivity contribution < 1.29 is 23.9 Å². The largest absolute Gasteiger partial charge is 0.447 e. The van der Waals surface area contributed by atoms with Crippen LogP contribution in [0.4, 0.5) is 26.8 Å². The SMILES string of the molecule is C[C@H]1COC(=O)N1c1cc(NC(=O)OC(C)(C)C)c2cnc(NC(=O)[C@@H]3C[C@H]3C#N)cc2c1. The van der Waals surface area contributed by atoms with Crippen molar-refractivity contribution in [1.29, 1.82) is 5.26 Å². The number of carbonyl (C=O) groups excluding carboxylic acids is 3. The number of fused-ring (bicyclic) bond motifs is 1. The molecule has 0 radical (unpaired) electrons. The van der Waals surface area contributed by atoms with E-state index in [1.54, 1.807) is 39.0 Å². The fourth-order valence-corrected chi connectivity index (χ4v) is 3.69. The molecule has 1 aromatic carbocycles. The summed E-state index contributed by atoms with van der Waals surface area (Å²) in [5, 5.41) is 15.7. The van der Waals surface area contributed by atoms with Crippen LogP contribution in [-0.4, -0.2) is 41.3 Å². The molecule has 3 atom stereocenters. The molecule has 0 unspecified atom stereocenters. The van der Waals surface area contributed by atoms with Gasteiger partial charge in [0, 0.05) is 11.6 Å². The number of ether oxygens (including phenoxy) is 2. The maximum Gasteiger partial charge on any atom is 0.414 e. The molecule has 10 heteroatoms. The smallest absolute Gasteiger partial charge is 0.414 e. The zero-order valence-electron chi connectivity index (χ0n) is 18.8. The maximum absolute atomic E-state index is 12.4. The van der Waals surface area contributed by atoms with Gasteiger partial charge in [-0.3, -0.25) is 15.0 Å². The van der Waals surface area contributed by atoms with E-state index in [4.69, 9.17) is 14.7 Å². The highest BCUT2D eigenvalue weighted by molar-refractivity contribution is 6.05. The summed E-state index contributed by atoms with van der Waals surface area (Å²) in [6.07, 6.45) is 0.941. The van der Waals surface area contributed by atoms with E-state index in [2.05, 4.69) is 21.7 Å². The van der Waals surface area contributed by atoms with Gasteiger partial charge in [0.25, 0.3) is 0 Å². The van der Waals surface area contributed by atoms with Gasteiger partial charge >= 0.3 is 12.2 Å². The molecule has 1 aliphatic carbocycles. The number of pyridine rings is 1. The highest BCUT2D eigenvalue weighted by Crippen LogP contribution is 2.39. The van der Waals surface area contributed by atoms with Gasteiger partial charge in [-0.25, -0.2) is 14.6 Å². The molecule has 10 nitrogen and oxygen atoms in total. The van der Waals surface area contributed by atoms with Crippen molar-refractivity contribution in [2.75, 3.05) is 22.1 Å². The number of aromatic nitrogens is 1. The number of nitrogens with zero attached hydrogens (tertiary/aromatic N) is 3. The molecule has 2 aliphatic rings. The molecule has 2 N–H and O–H groups in total. The Morgan fingerprint density at radius 1 is 1.27 bits per heavy atom. The van der Waals surface area contributed by atoms with E-state index in [0.717, 1.165) is 0 Å². The van der Waals surface area contributed by atoms with E-state index in [0.29, 0.717) is 34.4 Å². The number of cyclic esters (lactones) is 1. The lowest BCUT2D eigenvalue weighted by Crippen LogP contribution is -2.31. The second kappa shape index (κ2) is 8.24. The van der Waals surface area contributed by atoms with E-state index in [9.17, 15) is 14.4 Å². The number of anilines is 3. The number of carbonyl (C=O) groups is 3. The number of nitriles is 1. The van der Waals surface area contributed by atoms with E-state index < -0.39 is 17.8 Å². The molecule has 1 saturated carbocycles. The average Bonchev–Trinajstić information content (AvgIpc) is 3.44. The summed E-state index contributed by atoms with van der Waals surface area (Å²) in [6, 6.07) is 6.99. The number of rotatable bonds is 4. The van der Waals surface area contributed by atoms with Crippen molar-refractivity contribution in [3.8, 4) is 6.07 Å². The third-order valence-electron chi connectivity index (χ3n) is 5.37. The number of hydrogen-bond donors (Lipinski definition) is 2. The van der Waals surface area contributed by atoms with Crippen LogP contribution in [0.2, 0.25) is 0 Å². The van der Waals surface area contributed by atoms with Crippen LogP contribution in [0.3, 0.4) is 0 Å². The van der Waals surface area contributed by atoms with Crippen molar-refractivity contribution in [3.63, 3.8) is 0 Å². The molecule has 3 amide bonds. The zero-order chi connectivity index (χ0) is 23.9. The summed E-state index contributed by atoms with van der Waals surface area (Å²) in [4.78, 5) is 42.9. The lowest BCUT2D eigenvalue weighted by atomic mass is 10.1. The van der Waals surface area contributed by atoms with Gasteiger partial charge in [0.05, 0.1) is 35.3 Å². The Morgan fingerprint density at radius 2 is 2.03 bits per heavy atom. The third kappa shape index (κ3) is 4.82. The van der Waals surface area contributed by atoms with Crippen LogP contribution < -0.4 is 15.5 Å². The minimum absolute atomic E-state index is 0.192. The Balaban J connectivity index is 1.70. The molecule has 1 saturated heterocycles. The molecule has 1 aliphatic heterocycles. The molecule has 1 aromatic heterocycles.